The Hall–Kier alpha value is -4.46. The molecule has 1 heterocycles. The maximum atomic E-state index is 13.0. The number of ether oxygens (including phenoxy) is 6. The molecule has 8 heteroatoms. The number of hydrogen-bond acceptors (Lipinski definition) is 8. The van der Waals surface area contributed by atoms with Crippen molar-refractivity contribution in [1.29, 1.82) is 0 Å². The Labute approximate surface area is 209 Å². The van der Waals surface area contributed by atoms with Gasteiger partial charge in [-0.3, -0.25) is 0 Å². The average molecular weight is 491 g/mol. The molecule has 0 amide bonds. The third-order valence-electron chi connectivity index (χ3n) is 5.05. The van der Waals surface area contributed by atoms with Crippen molar-refractivity contribution in [3.63, 3.8) is 0 Å². The number of hydrogen-bond donors (Lipinski definition) is 0. The van der Waals surface area contributed by atoms with Crippen LogP contribution in [0.1, 0.15) is 5.56 Å². The molecule has 0 atom stereocenters. The van der Waals surface area contributed by atoms with E-state index < -0.39 is 17.7 Å². The van der Waals surface area contributed by atoms with Crippen LogP contribution in [0.3, 0.4) is 0 Å². The summed E-state index contributed by atoms with van der Waals surface area (Å²) < 4.78 is 32.8. The Morgan fingerprint density at radius 2 is 1.11 bits per heavy atom. The molecular formula is C28H26O8. The van der Waals surface area contributed by atoms with E-state index in [2.05, 4.69) is 0 Å². The fraction of sp³-hybridized carbons (Fsp3) is 0.214. The van der Waals surface area contributed by atoms with Crippen LogP contribution in [0.4, 0.5) is 0 Å². The monoisotopic (exact) mass is 490 g/mol. The topological polar surface area (TPSA) is 89.5 Å². The highest BCUT2D eigenvalue weighted by molar-refractivity contribution is 6.02. The van der Waals surface area contributed by atoms with Gasteiger partial charge in [-0.2, -0.15) is 0 Å². The van der Waals surface area contributed by atoms with E-state index in [1.165, 1.54) is 6.26 Å². The summed E-state index contributed by atoms with van der Waals surface area (Å²) in [5.74, 6) is -2.93. The van der Waals surface area contributed by atoms with Crippen molar-refractivity contribution in [2.24, 2.45) is 0 Å². The summed E-state index contributed by atoms with van der Waals surface area (Å²) in [4.78, 5) is 26.0. The van der Waals surface area contributed by atoms with Gasteiger partial charge in [0.1, 0.15) is 49.9 Å². The van der Waals surface area contributed by atoms with E-state index in [4.69, 9.17) is 28.4 Å². The van der Waals surface area contributed by atoms with Crippen LogP contribution >= 0.6 is 0 Å². The summed E-state index contributed by atoms with van der Waals surface area (Å²) in [5.41, 5.74) is 0.914. The van der Waals surface area contributed by atoms with Crippen LogP contribution in [0, 0.1) is 0 Å². The third-order valence-corrected chi connectivity index (χ3v) is 5.05. The molecule has 0 unspecified atom stereocenters. The Morgan fingerprint density at radius 3 is 1.61 bits per heavy atom. The Balaban J connectivity index is 1.34. The van der Waals surface area contributed by atoms with Gasteiger partial charge in [0.15, 0.2) is 0 Å². The first kappa shape index (κ1) is 24.7. The van der Waals surface area contributed by atoms with Crippen molar-refractivity contribution in [1.82, 2.24) is 0 Å². The molecule has 0 saturated carbocycles. The number of carbonyl (C=O) groups excluding carboxylic acids is 2. The normalized spacial score (nSPS) is 13.5. The zero-order chi connectivity index (χ0) is 25.1. The summed E-state index contributed by atoms with van der Waals surface area (Å²) in [6.45, 7) is -0.0899. The summed E-state index contributed by atoms with van der Waals surface area (Å²) >= 11 is 0. The van der Waals surface area contributed by atoms with E-state index in [1.54, 1.807) is 24.3 Å². The van der Waals surface area contributed by atoms with Crippen LogP contribution in [-0.2, 0) is 35.0 Å². The smallest absolute Gasteiger partial charge is 0.452 e. The number of rotatable bonds is 12. The number of carbonyl (C=O) groups is 2. The lowest BCUT2D eigenvalue weighted by atomic mass is 10.1. The quantitative estimate of drug-likeness (QED) is 0.213. The van der Waals surface area contributed by atoms with E-state index in [1.807, 2.05) is 66.7 Å². The predicted octanol–water partition coefficient (Wildman–Crippen LogP) is 4.06. The lowest BCUT2D eigenvalue weighted by molar-refractivity contribution is -0.220. The van der Waals surface area contributed by atoms with Gasteiger partial charge in [0.05, 0.1) is 0 Å². The molecule has 4 rings (SSSR count). The zero-order valence-electron chi connectivity index (χ0n) is 19.5. The molecular weight excluding hydrogens is 464 g/mol. The second-order valence-electron chi connectivity index (χ2n) is 7.68. The molecule has 8 nitrogen and oxygen atoms in total. The molecule has 0 bridgehead atoms. The van der Waals surface area contributed by atoms with Gasteiger partial charge in [-0.15, -0.1) is 0 Å². The molecule has 0 N–H and O–H groups in total. The van der Waals surface area contributed by atoms with E-state index in [0.29, 0.717) is 17.9 Å². The van der Waals surface area contributed by atoms with Crippen molar-refractivity contribution in [3.8, 4) is 11.5 Å². The van der Waals surface area contributed by atoms with Gasteiger partial charge in [-0.05, 0) is 29.8 Å². The predicted molar refractivity (Wildman–Crippen MR) is 129 cm³/mol. The van der Waals surface area contributed by atoms with Crippen LogP contribution in [-0.4, -0.2) is 44.2 Å². The molecule has 186 valence electrons. The summed E-state index contributed by atoms with van der Waals surface area (Å²) in [5, 5.41) is 0. The first-order valence-electron chi connectivity index (χ1n) is 11.5. The van der Waals surface area contributed by atoms with Crippen molar-refractivity contribution < 1.29 is 38.0 Å². The molecule has 0 spiro atoms. The van der Waals surface area contributed by atoms with Gasteiger partial charge in [0.25, 0.3) is 0 Å². The van der Waals surface area contributed by atoms with Crippen molar-refractivity contribution in [3.05, 3.63) is 109 Å². The minimum absolute atomic E-state index is 0.0795. The molecule has 0 aromatic heterocycles. The van der Waals surface area contributed by atoms with Gasteiger partial charge in [-0.25, -0.2) is 9.59 Å². The highest BCUT2D eigenvalue weighted by Crippen LogP contribution is 2.30. The first-order chi connectivity index (χ1) is 17.7. The van der Waals surface area contributed by atoms with Crippen LogP contribution in [0.25, 0.3) is 0 Å². The summed E-state index contributed by atoms with van der Waals surface area (Å²) in [7, 11) is 0. The molecule has 0 radical (unpaired) electrons. The van der Waals surface area contributed by atoms with Gasteiger partial charge < -0.3 is 28.4 Å². The minimum Gasteiger partial charge on any atom is -0.490 e. The number of para-hydroxylation sites is 2. The summed E-state index contributed by atoms with van der Waals surface area (Å²) in [6, 6.07) is 27.6. The van der Waals surface area contributed by atoms with Gasteiger partial charge >= 0.3 is 17.7 Å². The van der Waals surface area contributed by atoms with E-state index in [-0.39, 0.29) is 32.2 Å². The van der Waals surface area contributed by atoms with Crippen LogP contribution in [0.15, 0.2) is 103 Å². The second-order valence-corrected chi connectivity index (χ2v) is 7.68. The Morgan fingerprint density at radius 1 is 0.639 bits per heavy atom. The molecule has 3 aromatic carbocycles. The number of esters is 2. The van der Waals surface area contributed by atoms with Crippen molar-refractivity contribution >= 4 is 11.9 Å². The first-order valence-corrected chi connectivity index (χ1v) is 11.5. The highest BCUT2D eigenvalue weighted by atomic mass is 16.8. The lowest BCUT2D eigenvalue weighted by Crippen LogP contribution is -2.51. The van der Waals surface area contributed by atoms with Gasteiger partial charge in [0, 0.05) is 6.42 Å². The van der Waals surface area contributed by atoms with Crippen molar-refractivity contribution in [2.45, 2.75) is 12.2 Å². The van der Waals surface area contributed by atoms with E-state index in [9.17, 15) is 9.59 Å². The fourth-order valence-corrected chi connectivity index (χ4v) is 3.33. The van der Waals surface area contributed by atoms with Crippen molar-refractivity contribution in [2.75, 3.05) is 26.4 Å². The molecule has 1 aliphatic rings. The standard InChI is InChI=1S/C28H26O8/c29-26(33-18-16-31-23-12-6-2-7-13-23)28(27(30)34-19-17-32-24-14-8-3-9-15-24)35-21-25(36-28)20-22-10-4-1-5-11-22/h1-15,21H,16-20H2. The number of benzene rings is 3. The molecule has 36 heavy (non-hydrogen) atoms. The van der Waals surface area contributed by atoms with Gasteiger partial charge in [-0.1, -0.05) is 66.7 Å². The lowest BCUT2D eigenvalue weighted by Gasteiger charge is -2.24. The fourth-order valence-electron chi connectivity index (χ4n) is 3.33. The third kappa shape index (κ3) is 6.56. The van der Waals surface area contributed by atoms with Gasteiger partial charge in [0.2, 0.25) is 0 Å². The largest absolute Gasteiger partial charge is 0.490 e. The maximum Gasteiger partial charge on any atom is 0.452 e. The zero-order valence-corrected chi connectivity index (χ0v) is 19.5. The Bertz CT molecular complexity index is 1090. The molecule has 0 saturated heterocycles. The van der Waals surface area contributed by atoms with Crippen LogP contribution < -0.4 is 9.47 Å². The minimum atomic E-state index is -2.40. The highest BCUT2D eigenvalue weighted by Gasteiger charge is 2.58. The van der Waals surface area contributed by atoms with E-state index >= 15 is 0 Å². The molecule has 1 aliphatic heterocycles. The van der Waals surface area contributed by atoms with Crippen LogP contribution in [0.2, 0.25) is 0 Å². The maximum absolute atomic E-state index is 13.0. The van der Waals surface area contributed by atoms with Crippen LogP contribution in [0.5, 0.6) is 11.5 Å². The molecule has 0 aliphatic carbocycles. The number of allylic oxidation sites excluding steroid dienone is 1. The molecule has 3 aromatic rings. The molecule has 0 fully saturated rings. The SMILES string of the molecule is O=C(OCCOc1ccccc1)C1(C(=O)OCCOc2ccccc2)OC=C(Cc2ccccc2)O1. The van der Waals surface area contributed by atoms with E-state index in [0.717, 1.165) is 5.56 Å². The Kier molecular flexibility index (Phi) is 8.43. The average Bonchev–Trinajstić information content (AvgIpc) is 3.36. The second kappa shape index (κ2) is 12.3. The summed E-state index contributed by atoms with van der Waals surface area (Å²) in [6.07, 6.45) is 1.55.